The number of halogens is 3. The fourth-order valence-corrected chi connectivity index (χ4v) is 3.39. The maximum absolute atomic E-state index is 14.2. The summed E-state index contributed by atoms with van der Waals surface area (Å²) < 4.78 is 28.9. The van der Waals surface area contributed by atoms with Crippen molar-refractivity contribution in [2.24, 2.45) is 0 Å². The summed E-state index contributed by atoms with van der Waals surface area (Å²) >= 11 is 3.42. The Morgan fingerprint density at radius 1 is 1.10 bits per heavy atom. The first-order chi connectivity index (χ1) is 9.90. The molecule has 0 aromatic heterocycles. The van der Waals surface area contributed by atoms with Crippen molar-refractivity contribution < 1.29 is 13.9 Å². The molecule has 0 amide bonds. The van der Waals surface area contributed by atoms with Gasteiger partial charge in [0, 0.05) is 16.5 Å². The molecule has 0 radical (unpaired) electrons. The molecule has 2 aromatic rings. The molecule has 1 unspecified atom stereocenters. The summed E-state index contributed by atoms with van der Waals surface area (Å²) in [4.78, 5) is 0. The zero-order valence-electron chi connectivity index (χ0n) is 11.6. The van der Waals surface area contributed by atoms with Crippen LogP contribution in [0.4, 0.5) is 8.78 Å². The van der Waals surface area contributed by atoms with Crippen LogP contribution in [0.1, 0.15) is 28.7 Å². The van der Waals surface area contributed by atoms with Crippen LogP contribution in [0.3, 0.4) is 0 Å². The number of rotatable bonds is 1. The molecule has 0 fully saturated rings. The summed E-state index contributed by atoms with van der Waals surface area (Å²) in [5.74, 6) is -1.81. The molecule has 0 saturated heterocycles. The van der Waals surface area contributed by atoms with Gasteiger partial charge in [0.25, 0.3) is 0 Å². The maximum atomic E-state index is 14.2. The van der Waals surface area contributed by atoms with E-state index < -0.39 is 17.2 Å². The van der Waals surface area contributed by atoms with Crippen LogP contribution in [0.2, 0.25) is 0 Å². The number of aliphatic hydroxyl groups is 1. The minimum atomic E-state index is -1.35. The predicted molar refractivity (Wildman–Crippen MR) is 81.2 cm³/mol. The Kier molecular flexibility index (Phi) is 3.62. The van der Waals surface area contributed by atoms with Crippen molar-refractivity contribution in [2.45, 2.75) is 31.8 Å². The molecule has 4 heteroatoms. The van der Waals surface area contributed by atoms with Crippen LogP contribution in [0, 0.1) is 18.6 Å². The molecular weight excluding hydrogens is 338 g/mol. The topological polar surface area (TPSA) is 20.2 Å². The van der Waals surface area contributed by atoms with Gasteiger partial charge in [-0.15, -0.1) is 0 Å². The highest BCUT2D eigenvalue weighted by Crippen LogP contribution is 2.39. The van der Waals surface area contributed by atoms with Crippen LogP contribution >= 0.6 is 15.9 Å². The number of fused-ring (bicyclic) bond motifs is 1. The number of hydrogen-bond acceptors (Lipinski definition) is 1. The highest BCUT2D eigenvalue weighted by Gasteiger charge is 2.37. The molecule has 0 aliphatic heterocycles. The van der Waals surface area contributed by atoms with Gasteiger partial charge in [-0.3, -0.25) is 0 Å². The summed E-state index contributed by atoms with van der Waals surface area (Å²) in [6.45, 7) is 1.51. The summed E-state index contributed by atoms with van der Waals surface area (Å²) in [5, 5.41) is 10.8. The highest BCUT2D eigenvalue weighted by molar-refractivity contribution is 9.10. The van der Waals surface area contributed by atoms with Crippen LogP contribution in [0.25, 0.3) is 0 Å². The van der Waals surface area contributed by atoms with Crippen LogP contribution < -0.4 is 0 Å². The van der Waals surface area contributed by atoms with E-state index in [1.165, 1.54) is 19.1 Å². The van der Waals surface area contributed by atoms with E-state index in [-0.39, 0.29) is 11.1 Å². The minimum Gasteiger partial charge on any atom is -0.385 e. The second-order valence-electron chi connectivity index (χ2n) is 5.68. The smallest absolute Gasteiger partial charge is 0.165 e. The van der Waals surface area contributed by atoms with E-state index in [9.17, 15) is 13.9 Å². The van der Waals surface area contributed by atoms with Crippen molar-refractivity contribution in [1.82, 2.24) is 0 Å². The third kappa shape index (κ3) is 2.51. The van der Waals surface area contributed by atoms with E-state index in [0.29, 0.717) is 19.3 Å². The molecule has 1 aliphatic rings. The standard InChI is InChI=1S/C17H15BrF2O/c1-10-2-5-14(16(20)15(10)19)17(21)7-6-11-8-13(18)4-3-12(11)9-17/h2-5,8,21H,6-7,9H2,1H3. The summed E-state index contributed by atoms with van der Waals surface area (Å²) in [5.41, 5.74) is 1.08. The molecule has 1 N–H and O–H groups in total. The molecule has 0 saturated carbocycles. The Balaban J connectivity index is 2.04. The number of benzene rings is 2. The molecule has 21 heavy (non-hydrogen) atoms. The SMILES string of the molecule is Cc1ccc(C2(O)CCc3cc(Br)ccc3C2)c(F)c1F. The van der Waals surface area contributed by atoms with Gasteiger partial charge in [-0.05, 0) is 48.6 Å². The van der Waals surface area contributed by atoms with Crippen molar-refractivity contribution in [3.8, 4) is 0 Å². The van der Waals surface area contributed by atoms with Crippen molar-refractivity contribution in [1.29, 1.82) is 0 Å². The Morgan fingerprint density at radius 2 is 1.86 bits per heavy atom. The summed E-state index contributed by atoms with van der Waals surface area (Å²) in [7, 11) is 0. The van der Waals surface area contributed by atoms with Gasteiger partial charge in [-0.1, -0.05) is 34.1 Å². The molecule has 0 heterocycles. The number of hydrogen-bond donors (Lipinski definition) is 1. The first-order valence-electron chi connectivity index (χ1n) is 6.85. The first-order valence-corrected chi connectivity index (χ1v) is 7.65. The van der Waals surface area contributed by atoms with Crippen molar-refractivity contribution in [2.75, 3.05) is 0 Å². The van der Waals surface area contributed by atoms with Crippen LogP contribution in [-0.2, 0) is 18.4 Å². The molecule has 0 spiro atoms. The van der Waals surface area contributed by atoms with E-state index in [1.807, 2.05) is 18.2 Å². The number of aryl methyl sites for hydroxylation is 2. The molecule has 0 bridgehead atoms. The highest BCUT2D eigenvalue weighted by atomic mass is 79.9. The van der Waals surface area contributed by atoms with Gasteiger partial charge in [0.15, 0.2) is 11.6 Å². The van der Waals surface area contributed by atoms with E-state index in [0.717, 1.165) is 15.6 Å². The van der Waals surface area contributed by atoms with Crippen molar-refractivity contribution in [3.63, 3.8) is 0 Å². The van der Waals surface area contributed by atoms with Gasteiger partial charge < -0.3 is 5.11 Å². The molecular formula is C17H15BrF2O. The molecule has 1 atom stereocenters. The second-order valence-corrected chi connectivity index (χ2v) is 6.60. The molecule has 1 aliphatic carbocycles. The fraction of sp³-hybridized carbons (Fsp3) is 0.294. The van der Waals surface area contributed by atoms with Gasteiger partial charge >= 0.3 is 0 Å². The molecule has 110 valence electrons. The Labute approximate surface area is 130 Å². The quantitative estimate of drug-likeness (QED) is 0.805. The van der Waals surface area contributed by atoms with Crippen LogP contribution in [-0.4, -0.2) is 5.11 Å². The van der Waals surface area contributed by atoms with Gasteiger partial charge in [0.2, 0.25) is 0 Å². The van der Waals surface area contributed by atoms with Crippen molar-refractivity contribution in [3.05, 3.63) is 68.7 Å². The third-order valence-electron chi connectivity index (χ3n) is 4.24. The molecule has 3 rings (SSSR count). The Hall–Kier alpha value is -1.26. The normalized spacial score (nSPS) is 21.2. The van der Waals surface area contributed by atoms with Gasteiger partial charge in [0.1, 0.15) is 0 Å². The monoisotopic (exact) mass is 352 g/mol. The lowest BCUT2D eigenvalue weighted by Gasteiger charge is -2.34. The third-order valence-corrected chi connectivity index (χ3v) is 4.73. The average Bonchev–Trinajstić information content (AvgIpc) is 2.45. The van der Waals surface area contributed by atoms with Gasteiger partial charge in [-0.2, -0.15) is 0 Å². The Morgan fingerprint density at radius 3 is 2.62 bits per heavy atom. The fourth-order valence-electron chi connectivity index (χ4n) is 2.98. The van der Waals surface area contributed by atoms with Crippen LogP contribution in [0.5, 0.6) is 0 Å². The Bertz CT molecular complexity index is 714. The lowest BCUT2D eigenvalue weighted by atomic mass is 9.76. The van der Waals surface area contributed by atoms with Gasteiger partial charge in [-0.25, -0.2) is 8.78 Å². The zero-order chi connectivity index (χ0) is 15.2. The maximum Gasteiger partial charge on any atom is 0.165 e. The van der Waals surface area contributed by atoms with E-state index in [2.05, 4.69) is 15.9 Å². The molecule has 2 aromatic carbocycles. The largest absolute Gasteiger partial charge is 0.385 e. The van der Waals surface area contributed by atoms with E-state index in [1.54, 1.807) is 0 Å². The summed E-state index contributed by atoms with van der Waals surface area (Å²) in [6, 6.07) is 8.85. The first kappa shape index (κ1) is 14.7. The van der Waals surface area contributed by atoms with Gasteiger partial charge in [0.05, 0.1) is 5.60 Å². The zero-order valence-corrected chi connectivity index (χ0v) is 13.2. The molecule has 1 nitrogen and oxygen atoms in total. The van der Waals surface area contributed by atoms with E-state index >= 15 is 0 Å². The van der Waals surface area contributed by atoms with Crippen LogP contribution in [0.15, 0.2) is 34.8 Å². The lowest BCUT2D eigenvalue weighted by molar-refractivity contribution is 0.0181. The van der Waals surface area contributed by atoms with E-state index in [4.69, 9.17) is 0 Å². The average molecular weight is 353 g/mol. The van der Waals surface area contributed by atoms with Crippen molar-refractivity contribution >= 4 is 15.9 Å². The lowest BCUT2D eigenvalue weighted by Crippen LogP contribution is -2.34. The predicted octanol–water partition coefficient (Wildman–Crippen LogP) is 4.41. The second kappa shape index (κ2) is 5.18. The summed E-state index contributed by atoms with van der Waals surface area (Å²) in [6.07, 6.45) is 1.32. The minimum absolute atomic E-state index is 0.0548.